The van der Waals surface area contributed by atoms with Gasteiger partial charge in [0.1, 0.15) is 16.7 Å². The summed E-state index contributed by atoms with van der Waals surface area (Å²) >= 11 is 0. The van der Waals surface area contributed by atoms with Crippen molar-refractivity contribution >= 4 is 60.9 Å². The van der Waals surface area contributed by atoms with E-state index in [2.05, 4.69) is 71.6 Å². The fourth-order valence-corrected chi connectivity index (χ4v) is 6.91. The molecule has 0 aliphatic carbocycles. The summed E-state index contributed by atoms with van der Waals surface area (Å²) in [5.74, 6) is 0. The summed E-state index contributed by atoms with van der Waals surface area (Å²) in [7, 11) is 0. The summed E-state index contributed by atoms with van der Waals surface area (Å²) < 4.78 is 73.3. The van der Waals surface area contributed by atoms with Gasteiger partial charge in [0.05, 0.1) is 15.3 Å². The molecule has 0 aliphatic heterocycles. The molecule has 0 bridgehead atoms. The van der Waals surface area contributed by atoms with Crippen molar-refractivity contribution in [2.45, 2.75) is 0 Å². The molecule has 51 heavy (non-hydrogen) atoms. The Morgan fingerprint density at radius 2 is 1.00 bits per heavy atom. The molecule has 0 aliphatic rings. The zero-order chi connectivity index (χ0) is 39.8. The van der Waals surface area contributed by atoms with E-state index in [4.69, 9.17) is 17.1 Å². The minimum absolute atomic E-state index is 0.00203. The first-order valence-corrected chi connectivity index (χ1v) is 16.7. The smallest absolute Gasteiger partial charge is 0.160 e. The van der Waals surface area contributed by atoms with Gasteiger partial charge in [-0.3, -0.25) is 0 Å². The summed E-state index contributed by atoms with van der Waals surface area (Å²) in [5, 5.41) is 1.99. The van der Waals surface area contributed by atoms with Crippen LogP contribution in [0.2, 0.25) is 0 Å². The van der Waals surface area contributed by atoms with Crippen LogP contribution in [0.5, 0.6) is 0 Å². The van der Waals surface area contributed by atoms with E-state index in [9.17, 15) is 1.37 Å². The topological polar surface area (TPSA) is 29.5 Å². The van der Waals surface area contributed by atoms with Gasteiger partial charge in [-0.15, -0.1) is 0 Å². The van der Waals surface area contributed by atoms with Crippen LogP contribution >= 0.6 is 0 Å². The second-order valence-electron chi connectivity index (χ2n) is 12.4. The predicted molar refractivity (Wildman–Crippen MR) is 212 cm³/mol. The van der Waals surface area contributed by atoms with Crippen molar-refractivity contribution in [3.8, 4) is 33.4 Å². The van der Waals surface area contributed by atoms with Gasteiger partial charge in [0.15, 0.2) is 5.58 Å². The SMILES string of the molecule is [2H]c1c([2H])c([2H])c2c(oc3c([2H])c(-c4ccc(N(c5ccc(-c6ccccc6)cc5)c5c(-c6ccccc6)ccc6c5oc5ccccc56)cc4)c([2H])c([2H])c32)c1[2H]. The number of hydrogen-bond donors (Lipinski definition) is 0. The van der Waals surface area contributed by atoms with Crippen molar-refractivity contribution < 1.29 is 18.4 Å². The lowest BCUT2D eigenvalue weighted by molar-refractivity contribution is 0.668. The maximum atomic E-state index is 9.22. The van der Waals surface area contributed by atoms with Crippen LogP contribution in [0.3, 0.4) is 0 Å². The fourth-order valence-electron chi connectivity index (χ4n) is 6.91. The molecular formula is C48H31NO2. The summed E-state index contributed by atoms with van der Waals surface area (Å²) in [6.07, 6.45) is 0. The molecule has 3 heteroatoms. The minimum Gasteiger partial charge on any atom is -0.456 e. The van der Waals surface area contributed by atoms with Gasteiger partial charge in [0, 0.05) is 38.5 Å². The highest BCUT2D eigenvalue weighted by molar-refractivity contribution is 6.14. The maximum Gasteiger partial charge on any atom is 0.160 e. The molecule has 0 spiro atoms. The van der Waals surface area contributed by atoms with E-state index in [-0.39, 0.29) is 51.7 Å². The van der Waals surface area contributed by atoms with Crippen molar-refractivity contribution in [3.05, 3.63) is 188 Å². The minimum atomic E-state index is -0.468. The van der Waals surface area contributed by atoms with Crippen molar-refractivity contribution in [2.75, 3.05) is 4.90 Å². The first kappa shape index (κ1) is 22.7. The Kier molecular flexibility index (Phi) is 5.32. The van der Waals surface area contributed by atoms with E-state index in [1.165, 1.54) is 0 Å². The Morgan fingerprint density at radius 3 is 1.75 bits per heavy atom. The molecule has 2 heterocycles. The monoisotopic (exact) mass is 660 g/mol. The van der Waals surface area contributed by atoms with Crippen LogP contribution in [0.1, 0.15) is 9.60 Å². The van der Waals surface area contributed by atoms with Gasteiger partial charge in [-0.1, -0.05) is 133 Å². The lowest BCUT2D eigenvalue weighted by Gasteiger charge is -2.28. The van der Waals surface area contributed by atoms with E-state index in [1.54, 1.807) is 0 Å². The molecule has 3 nitrogen and oxygen atoms in total. The second kappa shape index (κ2) is 11.9. The highest BCUT2D eigenvalue weighted by atomic mass is 16.3. The molecule has 0 atom stereocenters. The standard InChI is InChI=1S/C48H31NO2/c1-3-11-32(12-4-1)33-19-24-37(25-20-33)49(38-26-21-34(22-27-38)36-23-28-42-40-15-7-9-17-44(40)50-46(42)31-36)47-39(35-13-5-2-6-14-35)29-30-43-41-16-8-10-18-45(41)51-48(43)47/h1-31H/i7D,9D,15D,17D,23D,28D,31D. The molecule has 0 amide bonds. The normalized spacial score (nSPS) is 13.5. The lowest BCUT2D eigenvalue weighted by atomic mass is 9.98. The molecule has 2 aromatic heterocycles. The van der Waals surface area contributed by atoms with Crippen LogP contribution < -0.4 is 4.90 Å². The number of rotatable bonds is 6. The van der Waals surface area contributed by atoms with Gasteiger partial charge < -0.3 is 13.7 Å². The number of nitrogens with zero attached hydrogens (tertiary/aromatic N) is 1. The number of para-hydroxylation sites is 2. The molecule has 0 unspecified atom stereocenters. The number of anilines is 3. The highest BCUT2D eigenvalue weighted by Gasteiger charge is 2.24. The van der Waals surface area contributed by atoms with Gasteiger partial charge >= 0.3 is 0 Å². The zero-order valence-corrected chi connectivity index (χ0v) is 27.1. The fraction of sp³-hybridized carbons (Fsp3) is 0. The van der Waals surface area contributed by atoms with E-state index in [1.807, 2.05) is 78.9 Å². The molecule has 0 saturated carbocycles. The van der Waals surface area contributed by atoms with Crippen molar-refractivity contribution in [1.29, 1.82) is 0 Å². The summed E-state index contributed by atoms with van der Waals surface area (Å²) in [6.45, 7) is 0. The van der Waals surface area contributed by atoms with E-state index in [0.717, 1.165) is 55.7 Å². The van der Waals surface area contributed by atoms with Crippen molar-refractivity contribution in [3.63, 3.8) is 0 Å². The first-order valence-electron chi connectivity index (χ1n) is 20.2. The number of benzene rings is 8. The molecule has 240 valence electrons. The molecule has 8 aromatic carbocycles. The third-order valence-electron chi connectivity index (χ3n) is 9.36. The van der Waals surface area contributed by atoms with Crippen LogP contribution in [-0.2, 0) is 0 Å². The summed E-state index contributed by atoms with van der Waals surface area (Å²) in [6, 6.07) is 46.1. The predicted octanol–water partition coefficient (Wildman–Crippen LogP) is 14.0. The van der Waals surface area contributed by atoms with E-state index < -0.39 is 18.1 Å². The van der Waals surface area contributed by atoms with Gasteiger partial charge in [0.25, 0.3) is 0 Å². The Morgan fingerprint density at radius 1 is 0.392 bits per heavy atom. The molecular weight excluding hydrogens is 623 g/mol. The summed E-state index contributed by atoms with van der Waals surface area (Å²) in [5.41, 5.74) is 8.53. The molecule has 0 N–H and O–H groups in total. The third kappa shape index (κ3) is 4.98. The van der Waals surface area contributed by atoms with Crippen LogP contribution in [0.15, 0.2) is 197 Å². The van der Waals surface area contributed by atoms with Gasteiger partial charge in [0.2, 0.25) is 0 Å². The Bertz CT molecular complexity index is 3230. The molecule has 10 aromatic rings. The van der Waals surface area contributed by atoms with Crippen molar-refractivity contribution in [2.24, 2.45) is 0 Å². The van der Waals surface area contributed by atoms with E-state index >= 15 is 0 Å². The molecule has 0 fully saturated rings. The number of hydrogen-bond acceptors (Lipinski definition) is 3. The second-order valence-corrected chi connectivity index (χ2v) is 12.4. The van der Waals surface area contributed by atoms with Gasteiger partial charge in [-0.2, -0.15) is 0 Å². The number of fused-ring (bicyclic) bond motifs is 6. The highest BCUT2D eigenvalue weighted by Crippen LogP contribution is 2.48. The molecule has 0 saturated heterocycles. The maximum absolute atomic E-state index is 9.22. The third-order valence-corrected chi connectivity index (χ3v) is 9.36. The van der Waals surface area contributed by atoms with E-state index in [0.29, 0.717) is 11.1 Å². The number of furan rings is 2. The van der Waals surface area contributed by atoms with Crippen LogP contribution in [0.25, 0.3) is 77.3 Å². The largest absolute Gasteiger partial charge is 0.456 e. The molecule has 10 rings (SSSR count). The first-order chi connectivity index (χ1) is 28.2. The Hall–Kier alpha value is -6.84. The Labute approximate surface area is 305 Å². The van der Waals surface area contributed by atoms with Crippen LogP contribution in [0.4, 0.5) is 17.1 Å². The van der Waals surface area contributed by atoms with Crippen molar-refractivity contribution in [1.82, 2.24) is 0 Å². The zero-order valence-electron chi connectivity index (χ0n) is 34.1. The average Bonchev–Trinajstić information content (AvgIpc) is 3.86. The van der Waals surface area contributed by atoms with Gasteiger partial charge in [-0.25, -0.2) is 0 Å². The van der Waals surface area contributed by atoms with Crippen LogP contribution in [0, 0.1) is 0 Å². The average molecular weight is 661 g/mol. The van der Waals surface area contributed by atoms with Gasteiger partial charge in [-0.05, 0) is 82.3 Å². The summed E-state index contributed by atoms with van der Waals surface area (Å²) in [4.78, 5) is 2.16. The Balaban J connectivity index is 1.19. The molecule has 0 radical (unpaired) electrons. The quantitative estimate of drug-likeness (QED) is 0.178. The lowest BCUT2D eigenvalue weighted by Crippen LogP contribution is -2.11. The van der Waals surface area contributed by atoms with Crippen LogP contribution in [-0.4, -0.2) is 0 Å².